The molecule has 1 aliphatic heterocycles. The Hall–Kier alpha value is -2.22. The van der Waals surface area contributed by atoms with Gasteiger partial charge in [0.05, 0.1) is 11.4 Å². The van der Waals surface area contributed by atoms with Crippen molar-refractivity contribution in [3.8, 4) is 0 Å². The van der Waals surface area contributed by atoms with Crippen LogP contribution >= 0.6 is 11.8 Å². The van der Waals surface area contributed by atoms with Gasteiger partial charge in [-0.25, -0.2) is 4.39 Å². The minimum Gasteiger partial charge on any atom is -0.278 e. The second-order valence-corrected chi connectivity index (χ2v) is 10.5. The molecule has 14 heteroatoms. The number of benzene rings is 2. The first-order valence-electron chi connectivity index (χ1n) is 10.5. The summed E-state index contributed by atoms with van der Waals surface area (Å²) in [6.45, 7) is 2.78. The van der Waals surface area contributed by atoms with Crippen LogP contribution in [0, 0.1) is 5.41 Å². The molecule has 3 rings (SSSR count). The number of ether oxygens (including phenoxy) is 1. The van der Waals surface area contributed by atoms with Gasteiger partial charge >= 0.3 is 29.9 Å². The standard InChI is InChI=1S/C23H20F11NOS/c1-17(2,3)18(4,24)36-23(33,34)21(29,30)19(25,26)20(27,28)22(31,32)35-13-9-5-7-11-15(13)37-16-12-8-6-10-14(16)35/h5-12H,1-4H3. The van der Waals surface area contributed by atoms with Crippen LogP contribution in [0.5, 0.6) is 0 Å². The predicted molar refractivity (Wildman–Crippen MR) is 114 cm³/mol. The number of rotatable bonds is 7. The van der Waals surface area contributed by atoms with E-state index < -0.39 is 57.5 Å². The van der Waals surface area contributed by atoms with Crippen molar-refractivity contribution in [3.63, 3.8) is 0 Å². The van der Waals surface area contributed by atoms with Gasteiger partial charge in [0.2, 0.25) is 5.85 Å². The summed E-state index contributed by atoms with van der Waals surface area (Å²) in [4.78, 5) is -0.858. The van der Waals surface area contributed by atoms with Gasteiger partial charge in [-0.3, -0.25) is 9.64 Å². The van der Waals surface area contributed by atoms with E-state index in [4.69, 9.17) is 0 Å². The summed E-state index contributed by atoms with van der Waals surface area (Å²) in [6, 6.07) is 2.67. The number of fused-ring (bicyclic) bond motifs is 2. The number of anilines is 2. The van der Waals surface area contributed by atoms with Crippen LogP contribution in [-0.4, -0.2) is 35.8 Å². The molecule has 0 saturated heterocycles. The van der Waals surface area contributed by atoms with Gasteiger partial charge in [-0.15, -0.1) is 0 Å². The molecule has 0 saturated carbocycles. The summed E-state index contributed by atoms with van der Waals surface area (Å²) in [6.07, 6.45) is -6.64. The summed E-state index contributed by atoms with van der Waals surface area (Å²) in [5.41, 5.74) is -3.56. The number of hydrogen-bond donors (Lipinski definition) is 0. The SMILES string of the molecule is CC(C)(C)C(C)(F)OC(F)(F)C(F)(F)C(F)(F)C(F)(F)C(F)(F)N1c2ccccc2Sc2ccccc21. The third-order valence-electron chi connectivity index (χ3n) is 5.90. The molecular formula is C23H20F11NOS. The molecule has 0 radical (unpaired) electrons. The van der Waals surface area contributed by atoms with Gasteiger partial charge in [-0.2, -0.15) is 43.9 Å². The Morgan fingerprint density at radius 3 is 1.41 bits per heavy atom. The Morgan fingerprint density at radius 2 is 1.00 bits per heavy atom. The first kappa shape index (κ1) is 29.3. The van der Waals surface area contributed by atoms with Crippen molar-refractivity contribution >= 4 is 23.1 Å². The fraction of sp³-hybridized carbons (Fsp3) is 0.478. The second kappa shape index (κ2) is 8.65. The van der Waals surface area contributed by atoms with Crippen LogP contribution in [0.2, 0.25) is 0 Å². The van der Waals surface area contributed by atoms with Gasteiger partial charge in [0.25, 0.3) is 0 Å². The van der Waals surface area contributed by atoms with Gasteiger partial charge in [0.1, 0.15) is 0 Å². The van der Waals surface area contributed by atoms with E-state index in [0.717, 1.165) is 56.8 Å². The molecule has 1 unspecified atom stereocenters. The average Bonchev–Trinajstić information content (AvgIpc) is 2.75. The lowest BCUT2D eigenvalue weighted by Gasteiger charge is -2.45. The molecule has 1 heterocycles. The lowest BCUT2D eigenvalue weighted by molar-refractivity contribution is -0.473. The first-order chi connectivity index (χ1) is 16.5. The molecule has 2 nitrogen and oxygen atoms in total. The monoisotopic (exact) mass is 567 g/mol. The van der Waals surface area contributed by atoms with Crippen LogP contribution in [0.15, 0.2) is 58.3 Å². The van der Waals surface area contributed by atoms with Crippen molar-refractivity contribution in [1.29, 1.82) is 0 Å². The molecule has 2 aromatic carbocycles. The lowest BCUT2D eigenvalue weighted by atomic mass is 9.87. The fourth-order valence-corrected chi connectivity index (χ4v) is 4.23. The number of alkyl halides is 11. The van der Waals surface area contributed by atoms with E-state index in [9.17, 15) is 39.5 Å². The maximum absolute atomic E-state index is 15.4. The van der Waals surface area contributed by atoms with Crippen LogP contribution in [0.4, 0.5) is 59.7 Å². The minimum absolute atomic E-state index is 0.126. The van der Waals surface area contributed by atoms with E-state index in [1.165, 1.54) is 24.3 Å². The Kier molecular flexibility index (Phi) is 6.86. The van der Waals surface area contributed by atoms with Crippen molar-refractivity contribution in [1.82, 2.24) is 0 Å². The van der Waals surface area contributed by atoms with Crippen LogP contribution in [0.25, 0.3) is 0 Å². The van der Waals surface area contributed by atoms with Crippen molar-refractivity contribution in [3.05, 3.63) is 48.5 Å². The van der Waals surface area contributed by atoms with Crippen molar-refractivity contribution in [2.45, 2.75) is 73.3 Å². The Bertz CT molecular complexity index is 1120. The Balaban J connectivity index is 2.14. The summed E-state index contributed by atoms with van der Waals surface area (Å²) >= 11 is 0.802. The summed E-state index contributed by atoms with van der Waals surface area (Å²) in [7, 11) is 0. The zero-order valence-electron chi connectivity index (χ0n) is 19.5. The van der Waals surface area contributed by atoms with Crippen LogP contribution in [-0.2, 0) is 4.74 Å². The highest BCUT2D eigenvalue weighted by Gasteiger charge is 2.89. The van der Waals surface area contributed by atoms with E-state index >= 15 is 8.78 Å². The Labute approximate surface area is 208 Å². The topological polar surface area (TPSA) is 12.5 Å². The number of halogens is 11. The molecule has 0 amide bonds. The molecule has 2 aromatic rings. The molecule has 1 atom stereocenters. The smallest absolute Gasteiger partial charge is 0.278 e. The van der Waals surface area contributed by atoms with Crippen molar-refractivity contribution < 1.29 is 53.0 Å². The Morgan fingerprint density at radius 1 is 0.595 bits per heavy atom. The zero-order chi connectivity index (χ0) is 28.5. The molecule has 0 bridgehead atoms. The molecule has 0 aliphatic carbocycles. The van der Waals surface area contributed by atoms with Gasteiger partial charge in [-0.1, -0.05) is 56.8 Å². The minimum atomic E-state index is -7.45. The zero-order valence-corrected chi connectivity index (χ0v) is 20.4. The third-order valence-corrected chi connectivity index (χ3v) is 7.03. The van der Waals surface area contributed by atoms with Crippen LogP contribution in [0.3, 0.4) is 0 Å². The highest BCUT2D eigenvalue weighted by atomic mass is 32.2. The quantitative estimate of drug-likeness (QED) is 0.245. The second-order valence-electron chi connectivity index (χ2n) is 9.42. The van der Waals surface area contributed by atoms with Gasteiger partial charge in [0, 0.05) is 15.2 Å². The summed E-state index contributed by atoms with van der Waals surface area (Å²) < 4.78 is 165. The number of nitrogens with zero attached hydrogens (tertiary/aromatic N) is 1. The van der Waals surface area contributed by atoms with E-state index in [-0.39, 0.29) is 16.7 Å². The third kappa shape index (κ3) is 4.33. The molecule has 0 N–H and O–H groups in total. The van der Waals surface area contributed by atoms with E-state index in [0.29, 0.717) is 0 Å². The predicted octanol–water partition coefficient (Wildman–Crippen LogP) is 9.13. The van der Waals surface area contributed by atoms with E-state index in [1.807, 2.05) is 0 Å². The van der Waals surface area contributed by atoms with Crippen molar-refractivity contribution in [2.75, 3.05) is 4.90 Å². The molecule has 0 fully saturated rings. The highest BCUT2D eigenvalue weighted by molar-refractivity contribution is 7.99. The lowest BCUT2D eigenvalue weighted by Crippen LogP contribution is -2.71. The molecule has 0 spiro atoms. The fourth-order valence-electron chi connectivity index (χ4n) is 3.17. The van der Waals surface area contributed by atoms with Gasteiger partial charge in [-0.05, 0) is 31.2 Å². The number of para-hydroxylation sites is 2. The van der Waals surface area contributed by atoms with Crippen LogP contribution in [0.1, 0.15) is 27.7 Å². The molecular weight excluding hydrogens is 547 g/mol. The molecule has 0 aromatic heterocycles. The van der Waals surface area contributed by atoms with Gasteiger partial charge in [0.15, 0.2) is 0 Å². The number of hydrogen-bond acceptors (Lipinski definition) is 3. The summed E-state index contributed by atoms with van der Waals surface area (Å²) in [5, 5.41) is 0. The summed E-state index contributed by atoms with van der Waals surface area (Å²) in [5.74, 6) is -25.7. The maximum Gasteiger partial charge on any atom is 0.428 e. The first-order valence-corrected chi connectivity index (χ1v) is 11.3. The van der Waals surface area contributed by atoms with E-state index in [2.05, 4.69) is 4.74 Å². The highest BCUT2D eigenvalue weighted by Crippen LogP contribution is 2.62. The van der Waals surface area contributed by atoms with Crippen LogP contribution < -0.4 is 4.90 Å². The van der Waals surface area contributed by atoms with E-state index in [1.54, 1.807) is 0 Å². The van der Waals surface area contributed by atoms with Crippen molar-refractivity contribution in [2.24, 2.45) is 5.41 Å². The molecule has 37 heavy (non-hydrogen) atoms. The molecule has 1 aliphatic rings. The average molecular weight is 567 g/mol. The normalized spacial score (nSPS) is 17.2. The molecule has 206 valence electrons. The maximum atomic E-state index is 15.4. The van der Waals surface area contributed by atoms with Gasteiger partial charge < -0.3 is 0 Å². The largest absolute Gasteiger partial charge is 0.428 e.